The van der Waals surface area contributed by atoms with Crippen molar-refractivity contribution in [2.24, 2.45) is 0 Å². The molecule has 0 saturated heterocycles. The second-order valence-corrected chi connectivity index (χ2v) is 8.50. The largest absolute Gasteiger partial charge is 0.371 e. The maximum absolute atomic E-state index is 12.1. The van der Waals surface area contributed by atoms with Crippen LogP contribution in [0.25, 0.3) is 0 Å². The van der Waals surface area contributed by atoms with Crippen LogP contribution in [0.5, 0.6) is 0 Å². The molecule has 0 aromatic rings. The Morgan fingerprint density at radius 2 is 0.711 bits per heavy atom. The summed E-state index contributed by atoms with van der Waals surface area (Å²) in [5, 5.41) is 5.27. The summed E-state index contributed by atoms with van der Waals surface area (Å²) < 4.78 is 31.3. The third-order valence-electron chi connectivity index (χ3n) is 4.07. The Hall–Kier alpha value is -2.62. The quantitative estimate of drug-likeness (QED) is 0.125. The fourth-order valence-electron chi connectivity index (χ4n) is 2.63. The van der Waals surface area contributed by atoms with Crippen LogP contribution in [0.4, 0.5) is 0 Å². The molecule has 2 N–H and O–H groups in total. The van der Waals surface area contributed by atoms with E-state index in [9.17, 15) is 28.8 Å². The molecule has 38 heavy (non-hydrogen) atoms. The molecule has 0 saturated carbocycles. The average Bonchev–Trinajstić information content (AvgIpc) is 2.80. The summed E-state index contributed by atoms with van der Waals surface area (Å²) in [5.41, 5.74) is 0. The highest BCUT2D eigenvalue weighted by molar-refractivity contribution is 5.79. The van der Waals surface area contributed by atoms with Crippen LogP contribution in [0.15, 0.2) is 0 Å². The van der Waals surface area contributed by atoms with Crippen molar-refractivity contribution in [3.63, 3.8) is 0 Å². The third kappa shape index (κ3) is 23.8. The van der Waals surface area contributed by atoms with Crippen molar-refractivity contribution >= 4 is 34.9 Å². The first kappa shape index (κ1) is 35.4. The van der Waals surface area contributed by atoms with Gasteiger partial charge in [0.1, 0.15) is 39.6 Å². The SMILES string of the molecule is CC(=O)COCC(COCC(C)=O)NC(=O)COCCOCC(=O)NC(COCC(C)=O)COCC(C)=O. The number of hydrogen-bond donors (Lipinski definition) is 2. The lowest BCUT2D eigenvalue weighted by molar-refractivity contribution is -0.132. The number of nitrogens with one attached hydrogen (secondary N) is 2. The molecule has 0 spiro atoms. The first-order valence-corrected chi connectivity index (χ1v) is 12.0. The van der Waals surface area contributed by atoms with Gasteiger partial charge >= 0.3 is 0 Å². The first-order chi connectivity index (χ1) is 18.0. The van der Waals surface area contributed by atoms with E-state index in [0.717, 1.165) is 0 Å². The summed E-state index contributed by atoms with van der Waals surface area (Å²) in [5.74, 6) is -1.62. The Morgan fingerprint density at radius 3 is 0.947 bits per heavy atom. The number of hydrogen-bond acceptors (Lipinski definition) is 12. The van der Waals surface area contributed by atoms with Crippen LogP contribution < -0.4 is 10.6 Å². The molecule has 0 radical (unpaired) electrons. The van der Waals surface area contributed by atoms with Gasteiger partial charge in [0.05, 0.1) is 51.7 Å². The zero-order chi connectivity index (χ0) is 28.8. The standard InChI is InChI=1S/C24H40N2O12/c1-17(27)7-35-11-21(12-36-8-18(2)28)25-23(31)15-33-5-6-34-16-24(32)26-22(13-37-9-19(3)29)14-38-10-20(4)30/h21-22H,5-16H2,1-4H3,(H,25,31)(H,26,32). The van der Waals surface area contributed by atoms with Crippen molar-refractivity contribution < 1.29 is 57.2 Å². The highest BCUT2D eigenvalue weighted by atomic mass is 16.5. The molecule has 0 aliphatic rings. The molecule has 2 amide bonds. The van der Waals surface area contributed by atoms with E-state index in [1.807, 2.05) is 0 Å². The van der Waals surface area contributed by atoms with E-state index in [1.165, 1.54) is 27.7 Å². The Labute approximate surface area is 222 Å². The van der Waals surface area contributed by atoms with Gasteiger partial charge in [0, 0.05) is 0 Å². The van der Waals surface area contributed by atoms with Crippen LogP contribution in [0, 0.1) is 0 Å². The highest BCUT2D eigenvalue weighted by Crippen LogP contribution is 1.93. The monoisotopic (exact) mass is 548 g/mol. The van der Waals surface area contributed by atoms with E-state index in [1.54, 1.807) is 0 Å². The summed E-state index contributed by atoms with van der Waals surface area (Å²) in [6.45, 7) is 4.55. The van der Waals surface area contributed by atoms with E-state index in [4.69, 9.17) is 28.4 Å². The Bertz CT molecular complexity index is 657. The lowest BCUT2D eigenvalue weighted by atomic mass is 10.3. The maximum Gasteiger partial charge on any atom is 0.246 e. The van der Waals surface area contributed by atoms with Crippen molar-refractivity contribution in [2.75, 3.05) is 79.3 Å². The normalized spacial score (nSPS) is 11.0. The molecule has 0 heterocycles. The van der Waals surface area contributed by atoms with Crippen molar-refractivity contribution in [1.29, 1.82) is 0 Å². The number of ether oxygens (including phenoxy) is 6. The van der Waals surface area contributed by atoms with Gasteiger partial charge in [0.15, 0.2) is 23.1 Å². The Balaban J connectivity index is 4.26. The molecular weight excluding hydrogens is 508 g/mol. The second-order valence-electron chi connectivity index (χ2n) is 8.50. The molecule has 0 fully saturated rings. The fourth-order valence-corrected chi connectivity index (χ4v) is 2.63. The molecule has 0 unspecified atom stereocenters. The molecule has 0 aromatic carbocycles. The van der Waals surface area contributed by atoms with Crippen molar-refractivity contribution in [3.05, 3.63) is 0 Å². The van der Waals surface area contributed by atoms with Crippen molar-refractivity contribution in [1.82, 2.24) is 10.6 Å². The summed E-state index contributed by atoms with van der Waals surface area (Å²) in [4.78, 5) is 68.3. The molecule has 0 rings (SSSR count). The van der Waals surface area contributed by atoms with Gasteiger partial charge < -0.3 is 39.1 Å². The fraction of sp³-hybridized carbons (Fsp3) is 0.750. The van der Waals surface area contributed by atoms with E-state index in [2.05, 4.69) is 10.6 Å². The molecule has 0 aliphatic heterocycles. The summed E-state index contributed by atoms with van der Waals surface area (Å²) in [6, 6.07) is -1.17. The molecule has 0 atom stereocenters. The van der Waals surface area contributed by atoms with Gasteiger partial charge in [-0.1, -0.05) is 0 Å². The van der Waals surface area contributed by atoms with Crippen molar-refractivity contribution in [3.8, 4) is 0 Å². The Kier molecular flexibility index (Phi) is 20.8. The molecular formula is C24H40N2O12. The van der Waals surface area contributed by atoms with Gasteiger partial charge in [-0.3, -0.25) is 28.8 Å². The van der Waals surface area contributed by atoms with Crippen LogP contribution >= 0.6 is 0 Å². The zero-order valence-electron chi connectivity index (χ0n) is 22.5. The zero-order valence-corrected chi connectivity index (χ0v) is 22.5. The van der Waals surface area contributed by atoms with Gasteiger partial charge in [-0.15, -0.1) is 0 Å². The van der Waals surface area contributed by atoms with Gasteiger partial charge in [-0.05, 0) is 27.7 Å². The van der Waals surface area contributed by atoms with Gasteiger partial charge in [0.25, 0.3) is 0 Å². The summed E-state index contributed by atoms with van der Waals surface area (Å²) in [6.07, 6.45) is 0. The Morgan fingerprint density at radius 1 is 0.447 bits per heavy atom. The molecule has 0 aromatic heterocycles. The number of carbonyl (C=O) groups is 6. The lowest BCUT2D eigenvalue weighted by Gasteiger charge is -2.19. The minimum absolute atomic E-state index is 0.0159. The average molecular weight is 549 g/mol. The number of carbonyl (C=O) groups excluding carboxylic acids is 6. The van der Waals surface area contributed by atoms with Crippen molar-refractivity contribution in [2.45, 2.75) is 39.8 Å². The number of rotatable bonds is 25. The van der Waals surface area contributed by atoms with Gasteiger partial charge in [-0.2, -0.15) is 0 Å². The van der Waals surface area contributed by atoms with Crippen LogP contribution in [-0.2, 0) is 57.2 Å². The molecule has 0 aliphatic carbocycles. The van der Waals surface area contributed by atoms with E-state index >= 15 is 0 Å². The second kappa shape index (κ2) is 22.4. The smallest absolute Gasteiger partial charge is 0.246 e. The number of ketones is 4. The lowest BCUT2D eigenvalue weighted by Crippen LogP contribution is -2.44. The summed E-state index contributed by atoms with van der Waals surface area (Å²) in [7, 11) is 0. The van der Waals surface area contributed by atoms with Crippen LogP contribution in [-0.4, -0.2) is 126 Å². The minimum Gasteiger partial charge on any atom is -0.371 e. The predicted molar refractivity (Wildman–Crippen MR) is 131 cm³/mol. The highest BCUT2D eigenvalue weighted by Gasteiger charge is 2.16. The topological polar surface area (TPSA) is 182 Å². The van der Waals surface area contributed by atoms with Crippen LogP contribution in [0.3, 0.4) is 0 Å². The van der Waals surface area contributed by atoms with E-state index in [-0.39, 0.29) is 102 Å². The molecule has 14 nitrogen and oxygen atoms in total. The number of Topliss-reactive ketones (excluding diaryl/α,β-unsaturated/α-hetero) is 4. The van der Waals surface area contributed by atoms with Crippen LogP contribution in [0.1, 0.15) is 27.7 Å². The predicted octanol–water partition coefficient (Wildman–Crippen LogP) is -1.59. The summed E-state index contributed by atoms with van der Waals surface area (Å²) >= 11 is 0. The first-order valence-electron chi connectivity index (χ1n) is 12.0. The van der Waals surface area contributed by atoms with Gasteiger partial charge in [-0.25, -0.2) is 0 Å². The maximum atomic E-state index is 12.1. The van der Waals surface area contributed by atoms with E-state index < -0.39 is 23.9 Å². The van der Waals surface area contributed by atoms with E-state index in [0.29, 0.717) is 0 Å². The van der Waals surface area contributed by atoms with Crippen LogP contribution in [0.2, 0.25) is 0 Å². The molecule has 218 valence electrons. The number of amides is 2. The molecule has 14 heteroatoms. The molecule has 0 bridgehead atoms. The van der Waals surface area contributed by atoms with Gasteiger partial charge in [0.2, 0.25) is 11.8 Å². The minimum atomic E-state index is -0.587. The third-order valence-corrected chi connectivity index (χ3v) is 4.07.